The lowest BCUT2D eigenvalue weighted by Gasteiger charge is -2.05. The number of thiol groups is 1. The Kier molecular flexibility index (Phi) is 4.76. The molecule has 0 radical (unpaired) electrons. The molecule has 1 aromatic carbocycles. The minimum absolute atomic E-state index is 0.815. The number of unbranched alkanes of at least 4 members (excludes halogenated alkanes) is 1. The fraction of sp³-hybridized carbons (Fsp3) is 0.455. The van der Waals surface area contributed by atoms with Crippen molar-refractivity contribution in [1.29, 1.82) is 0 Å². The van der Waals surface area contributed by atoms with E-state index < -0.39 is 0 Å². The topological polar surface area (TPSA) is 12.0 Å². The van der Waals surface area contributed by atoms with Gasteiger partial charge in [-0.15, -0.1) is 0 Å². The van der Waals surface area contributed by atoms with Crippen molar-refractivity contribution in [3.8, 4) is 0 Å². The minimum atomic E-state index is 0.815. The number of hydrogen-bond acceptors (Lipinski definition) is 2. The highest BCUT2D eigenvalue weighted by molar-refractivity contribution is 7.79. The van der Waals surface area contributed by atoms with Gasteiger partial charge < -0.3 is 5.32 Å². The van der Waals surface area contributed by atoms with E-state index in [0.29, 0.717) is 0 Å². The number of rotatable bonds is 5. The van der Waals surface area contributed by atoms with Crippen molar-refractivity contribution in [1.82, 2.24) is 0 Å². The molecule has 0 heterocycles. The highest BCUT2D eigenvalue weighted by atomic mass is 32.1. The Morgan fingerprint density at radius 3 is 2.46 bits per heavy atom. The van der Waals surface area contributed by atoms with E-state index >= 15 is 0 Å². The van der Waals surface area contributed by atoms with Crippen molar-refractivity contribution in [3.05, 3.63) is 29.8 Å². The second kappa shape index (κ2) is 5.92. The third-order valence-corrected chi connectivity index (χ3v) is 2.36. The average Bonchev–Trinajstić information content (AvgIpc) is 2.19. The molecule has 0 aromatic heterocycles. The molecule has 0 bridgehead atoms. The summed E-state index contributed by atoms with van der Waals surface area (Å²) in [5, 5.41) is 3.37. The van der Waals surface area contributed by atoms with Crippen LogP contribution in [-0.2, 0) is 5.75 Å². The maximum absolute atomic E-state index is 4.21. The smallest absolute Gasteiger partial charge is 0.0340 e. The molecule has 0 aliphatic carbocycles. The Hall–Kier alpha value is -0.630. The molecular formula is C11H17NS. The van der Waals surface area contributed by atoms with Gasteiger partial charge in [0.15, 0.2) is 0 Å². The summed E-state index contributed by atoms with van der Waals surface area (Å²) in [4.78, 5) is 0. The van der Waals surface area contributed by atoms with Crippen molar-refractivity contribution in [2.75, 3.05) is 11.9 Å². The Bertz CT molecular complexity index is 230. The van der Waals surface area contributed by atoms with Gasteiger partial charge in [0.2, 0.25) is 0 Å². The largest absolute Gasteiger partial charge is 0.385 e. The summed E-state index contributed by atoms with van der Waals surface area (Å²) in [6, 6.07) is 8.45. The van der Waals surface area contributed by atoms with Crippen LogP contribution in [0.4, 0.5) is 5.69 Å². The molecule has 0 atom stereocenters. The second-order valence-corrected chi connectivity index (χ2v) is 3.45. The van der Waals surface area contributed by atoms with E-state index in [0.717, 1.165) is 12.3 Å². The van der Waals surface area contributed by atoms with E-state index in [4.69, 9.17) is 0 Å². The molecule has 0 saturated heterocycles. The van der Waals surface area contributed by atoms with E-state index in [2.05, 4.69) is 49.1 Å². The van der Waals surface area contributed by atoms with Gasteiger partial charge in [-0.2, -0.15) is 12.6 Å². The Labute approximate surface area is 86.0 Å². The number of nitrogens with one attached hydrogen (secondary N) is 1. The summed E-state index contributed by atoms with van der Waals surface area (Å²) in [6.45, 7) is 3.27. The molecule has 0 spiro atoms. The molecule has 1 nitrogen and oxygen atoms in total. The van der Waals surface area contributed by atoms with Gasteiger partial charge in [0, 0.05) is 18.0 Å². The van der Waals surface area contributed by atoms with Crippen LogP contribution in [0.3, 0.4) is 0 Å². The predicted octanol–water partition coefficient (Wildman–Crippen LogP) is 3.33. The van der Waals surface area contributed by atoms with Gasteiger partial charge in [-0.3, -0.25) is 0 Å². The van der Waals surface area contributed by atoms with Gasteiger partial charge >= 0.3 is 0 Å². The second-order valence-electron chi connectivity index (χ2n) is 3.14. The maximum atomic E-state index is 4.21. The molecule has 2 heteroatoms. The third kappa shape index (κ3) is 3.73. The van der Waals surface area contributed by atoms with E-state index in [9.17, 15) is 0 Å². The lowest BCUT2D eigenvalue weighted by atomic mass is 10.2. The van der Waals surface area contributed by atoms with Crippen LogP contribution < -0.4 is 5.32 Å². The lowest BCUT2D eigenvalue weighted by molar-refractivity contribution is 0.834. The molecule has 0 saturated carbocycles. The normalized spacial score (nSPS) is 10.0. The first kappa shape index (κ1) is 10.5. The summed E-state index contributed by atoms with van der Waals surface area (Å²) < 4.78 is 0. The van der Waals surface area contributed by atoms with Gasteiger partial charge in [0.1, 0.15) is 0 Å². The first-order chi connectivity index (χ1) is 6.36. The number of benzene rings is 1. The molecule has 0 aliphatic rings. The van der Waals surface area contributed by atoms with E-state index in [1.165, 1.54) is 24.1 Å². The minimum Gasteiger partial charge on any atom is -0.385 e. The first-order valence-corrected chi connectivity index (χ1v) is 5.43. The molecule has 13 heavy (non-hydrogen) atoms. The quantitative estimate of drug-likeness (QED) is 0.542. The van der Waals surface area contributed by atoms with Crippen molar-refractivity contribution < 1.29 is 0 Å². The van der Waals surface area contributed by atoms with Crippen molar-refractivity contribution >= 4 is 18.3 Å². The zero-order chi connectivity index (χ0) is 9.52. The fourth-order valence-electron chi connectivity index (χ4n) is 1.14. The van der Waals surface area contributed by atoms with Crippen molar-refractivity contribution in [2.24, 2.45) is 0 Å². The first-order valence-electron chi connectivity index (χ1n) is 4.80. The van der Waals surface area contributed by atoms with Gasteiger partial charge in [-0.25, -0.2) is 0 Å². The molecule has 1 aromatic rings. The molecule has 1 N–H and O–H groups in total. The molecule has 1 rings (SSSR count). The van der Waals surface area contributed by atoms with Crippen LogP contribution in [-0.4, -0.2) is 6.54 Å². The Morgan fingerprint density at radius 2 is 1.92 bits per heavy atom. The zero-order valence-corrected chi connectivity index (χ0v) is 8.98. The average molecular weight is 195 g/mol. The standard InChI is InChI=1S/C11H17NS/c1-2-3-8-12-11-6-4-10(9-13)5-7-11/h4-7,12-13H,2-3,8-9H2,1H3. The van der Waals surface area contributed by atoms with Crippen LogP contribution in [0, 0.1) is 0 Å². The van der Waals surface area contributed by atoms with Gasteiger partial charge in [-0.05, 0) is 24.1 Å². The SMILES string of the molecule is CCCCNc1ccc(CS)cc1. The Morgan fingerprint density at radius 1 is 1.23 bits per heavy atom. The molecule has 0 amide bonds. The van der Waals surface area contributed by atoms with Crippen LogP contribution in [0.5, 0.6) is 0 Å². The monoisotopic (exact) mass is 195 g/mol. The van der Waals surface area contributed by atoms with Gasteiger partial charge in [0.05, 0.1) is 0 Å². The molecule has 0 aliphatic heterocycles. The lowest BCUT2D eigenvalue weighted by Crippen LogP contribution is -2.00. The van der Waals surface area contributed by atoms with Crippen LogP contribution in [0.25, 0.3) is 0 Å². The summed E-state index contributed by atoms with van der Waals surface area (Å²) in [5.41, 5.74) is 2.48. The summed E-state index contributed by atoms with van der Waals surface area (Å²) in [5.74, 6) is 0.815. The third-order valence-electron chi connectivity index (χ3n) is 2.00. The number of anilines is 1. The van der Waals surface area contributed by atoms with Gasteiger partial charge in [-0.1, -0.05) is 25.5 Å². The Balaban J connectivity index is 2.40. The van der Waals surface area contributed by atoms with Gasteiger partial charge in [0.25, 0.3) is 0 Å². The number of hydrogen-bond donors (Lipinski definition) is 2. The molecule has 72 valence electrons. The fourth-order valence-corrected chi connectivity index (χ4v) is 1.35. The van der Waals surface area contributed by atoms with Crippen LogP contribution >= 0.6 is 12.6 Å². The van der Waals surface area contributed by atoms with E-state index in [-0.39, 0.29) is 0 Å². The van der Waals surface area contributed by atoms with E-state index in [1.54, 1.807) is 0 Å². The summed E-state index contributed by atoms with van der Waals surface area (Å²) >= 11 is 4.21. The van der Waals surface area contributed by atoms with Crippen molar-refractivity contribution in [2.45, 2.75) is 25.5 Å². The summed E-state index contributed by atoms with van der Waals surface area (Å²) in [7, 11) is 0. The molecule has 0 fully saturated rings. The molecule has 0 unspecified atom stereocenters. The predicted molar refractivity (Wildman–Crippen MR) is 62.5 cm³/mol. The van der Waals surface area contributed by atoms with E-state index in [1.807, 2.05) is 0 Å². The van der Waals surface area contributed by atoms with Crippen LogP contribution in [0.1, 0.15) is 25.3 Å². The highest BCUT2D eigenvalue weighted by Crippen LogP contribution is 2.10. The zero-order valence-electron chi connectivity index (χ0n) is 8.09. The highest BCUT2D eigenvalue weighted by Gasteiger charge is 1.91. The molecular weight excluding hydrogens is 178 g/mol. The van der Waals surface area contributed by atoms with Crippen LogP contribution in [0.15, 0.2) is 24.3 Å². The maximum Gasteiger partial charge on any atom is 0.0340 e. The van der Waals surface area contributed by atoms with Crippen molar-refractivity contribution in [3.63, 3.8) is 0 Å². The summed E-state index contributed by atoms with van der Waals surface area (Å²) in [6.07, 6.45) is 2.47. The van der Waals surface area contributed by atoms with Crippen LogP contribution in [0.2, 0.25) is 0 Å².